The summed E-state index contributed by atoms with van der Waals surface area (Å²) in [7, 11) is 0. The number of carbonyl (C=O) groups excluding carboxylic acids is 2. The number of nitrogens with zero attached hydrogens (tertiary/aromatic N) is 2. The van der Waals surface area contributed by atoms with Crippen molar-refractivity contribution in [3.8, 4) is 0 Å². The van der Waals surface area contributed by atoms with Gasteiger partial charge >= 0.3 is 6.03 Å². The van der Waals surface area contributed by atoms with Crippen molar-refractivity contribution in [2.24, 2.45) is 5.73 Å². The van der Waals surface area contributed by atoms with Crippen molar-refractivity contribution in [1.29, 1.82) is 5.41 Å². The molecule has 0 saturated heterocycles. The van der Waals surface area contributed by atoms with Gasteiger partial charge in [0.1, 0.15) is 0 Å². The minimum absolute atomic E-state index is 0.218. The fourth-order valence-corrected chi connectivity index (χ4v) is 0.474. The Morgan fingerprint density at radius 3 is 2.38 bits per heavy atom. The van der Waals surface area contributed by atoms with E-state index >= 15 is 0 Å². The predicted molar refractivity (Wildman–Crippen MR) is 43.7 cm³/mol. The second-order valence-electron chi connectivity index (χ2n) is 1.66. The van der Waals surface area contributed by atoms with E-state index in [1.807, 2.05) is 0 Å². The highest BCUT2D eigenvalue weighted by Crippen LogP contribution is 1.91. The van der Waals surface area contributed by atoms with E-state index in [-0.39, 0.29) is 5.95 Å². The molecule has 0 aliphatic rings. The first-order valence-electron chi connectivity index (χ1n) is 3.08. The van der Waals surface area contributed by atoms with Crippen LogP contribution in [0, 0.1) is 5.41 Å². The fraction of sp³-hybridized carbons (Fsp3) is 0. The topological polar surface area (TPSA) is 122 Å². The molecular formula is C6H7N5O2. The monoisotopic (exact) mass is 181 g/mol. The molecule has 0 unspecified atom stereocenters. The van der Waals surface area contributed by atoms with Crippen LogP contribution >= 0.6 is 0 Å². The first-order valence-corrected chi connectivity index (χ1v) is 3.08. The highest BCUT2D eigenvalue weighted by atomic mass is 16.2. The molecule has 0 fully saturated rings. The quantitative estimate of drug-likeness (QED) is 0.412. The molecule has 7 nitrogen and oxygen atoms in total. The van der Waals surface area contributed by atoms with Crippen LogP contribution in [-0.4, -0.2) is 22.1 Å². The molecule has 1 aromatic rings. The van der Waals surface area contributed by atoms with Gasteiger partial charge in [0.25, 0.3) is 0 Å². The second kappa shape index (κ2) is 6.44. The molecule has 0 saturated carbocycles. The normalized spacial score (nSPS) is 7.38. The summed E-state index contributed by atoms with van der Waals surface area (Å²) in [4.78, 5) is 25.9. The number of nitrogens with one attached hydrogen (secondary N) is 2. The van der Waals surface area contributed by atoms with Gasteiger partial charge in [0.2, 0.25) is 12.0 Å². The Bertz CT molecular complexity index is 293. The van der Waals surface area contributed by atoms with Gasteiger partial charge in [-0.15, -0.1) is 0 Å². The highest BCUT2D eigenvalue weighted by Gasteiger charge is 1.94. The average Bonchev–Trinajstić information content (AvgIpc) is 2.06. The highest BCUT2D eigenvalue weighted by molar-refractivity contribution is 5.85. The first-order chi connectivity index (χ1) is 6.20. The van der Waals surface area contributed by atoms with Gasteiger partial charge in [-0.1, -0.05) is 0 Å². The number of primary amides is 1. The lowest BCUT2D eigenvalue weighted by atomic mass is 10.7. The summed E-state index contributed by atoms with van der Waals surface area (Å²) >= 11 is 0. The summed E-state index contributed by atoms with van der Waals surface area (Å²) in [6, 6.07) is 0.984. The maximum absolute atomic E-state index is 10.2. The average molecular weight is 181 g/mol. The van der Waals surface area contributed by atoms with Gasteiger partial charge in [-0.05, 0) is 6.07 Å². The van der Waals surface area contributed by atoms with E-state index in [0.29, 0.717) is 0 Å². The number of urea groups is 1. The molecule has 1 heterocycles. The Kier molecular flexibility index (Phi) is 5.32. The number of hydrogen-bond donors (Lipinski definition) is 3. The van der Waals surface area contributed by atoms with Crippen LogP contribution < -0.4 is 11.1 Å². The lowest BCUT2D eigenvalue weighted by Crippen LogP contribution is -2.20. The number of nitrogens with two attached hydrogens (primary N) is 1. The molecule has 68 valence electrons. The van der Waals surface area contributed by atoms with Gasteiger partial charge in [0, 0.05) is 12.4 Å². The van der Waals surface area contributed by atoms with Crippen molar-refractivity contribution in [2.45, 2.75) is 0 Å². The zero-order valence-electron chi connectivity index (χ0n) is 6.52. The number of carbonyl (C=O) groups is 1. The van der Waals surface area contributed by atoms with Crippen molar-refractivity contribution >= 4 is 18.1 Å². The van der Waals surface area contributed by atoms with Crippen LogP contribution in [0.3, 0.4) is 0 Å². The molecule has 0 atom stereocenters. The van der Waals surface area contributed by atoms with E-state index in [4.69, 9.17) is 15.9 Å². The molecule has 7 heteroatoms. The maximum atomic E-state index is 10.2. The van der Waals surface area contributed by atoms with E-state index in [2.05, 4.69) is 15.3 Å². The Morgan fingerprint density at radius 2 is 2.00 bits per heavy atom. The molecule has 4 N–H and O–H groups in total. The summed E-state index contributed by atoms with van der Waals surface area (Å²) in [6.45, 7) is 0. The summed E-state index contributed by atoms with van der Waals surface area (Å²) in [5.74, 6) is 0.218. The number of anilines is 1. The van der Waals surface area contributed by atoms with E-state index in [0.717, 1.165) is 6.08 Å². The van der Waals surface area contributed by atoms with Crippen molar-refractivity contribution < 1.29 is 9.59 Å². The molecule has 0 aromatic carbocycles. The van der Waals surface area contributed by atoms with Crippen LogP contribution in [0.5, 0.6) is 0 Å². The lowest BCUT2D eigenvalue weighted by molar-refractivity contribution is 0.259. The van der Waals surface area contributed by atoms with Gasteiger partial charge in [0.15, 0.2) is 0 Å². The maximum Gasteiger partial charge on any atom is 0.319 e. The Morgan fingerprint density at radius 1 is 1.54 bits per heavy atom. The van der Waals surface area contributed by atoms with Gasteiger partial charge in [0.05, 0.1) is 0 Å². The van der Waals surface area contributed by atoms with Crippen LogP contribution in [0.25, 0.3) is 0 Å². The molecule has 0 aliphatic carbocycles. The van der Waals surface area contributed by atoms with Crippen LogP contribution in [-0.2, 0) is 4.79 Å². The third kappa shape index (κ3) is 6.14. The molecule has 13 heavy (non-hydrogen) atoms. The second-order valence-corrected chi connectivity index (χ2v) is 1.66. The smallest absolute Gasteiger partial charge is 0.319 e. The van der Waals surface area contributed by atoms with Gasteiger partial charge in [-0.25, -0.2) is 25.0 Å². The van der Waals surface area contributed by atoms with Gasteiger partial charge in [-0.2, -0.15) is 0 Å². The van der Waals surface area contributed by atoms with E-state index in [9.17, 15) is 4.79 Å². The first kappa shape index (κ1) is 10.7. The molecule has 0 spiro atoms. The molecule has 1 aromatic heterocycles. The largest absolute Gasteiger partial charge is 0.351 e. The van der Waals surface area contributed by atoms with Crippen LogP contribution in [0.4, 0.5) is 10.7 Å². The van der Waals surface area contributed by atoms with E-state index < -0.39 is 6.03 Å². The zero-order valence-corrected chi connectivity index (χ0v) is 6.52. The Labute approximate surface area is 73.5 Å². The third-order valence-electron chi connectivity index (χ3n) is 0.801. The summed E-state index contributed by atoms with van der Waals surface area (Å²) in [5, 5.41) is 7.62. The number of hydrogen-bond acceptors (Lipinski definition) is 5. The van der Waals surface area contributed by atoms with Crippen molar-refractivity contribution in [3.05, 3.63) is 18.5 Å². The number of amides is 2. The van der Waals surface area contributed by atoms with Crippen molar-refractivity contribution in [1.82, 2.24) is 9.97 Å². The molecule has 0 radical (unpaired) electrons. The zero-order chi connectivity index (χ0) is 10.1. The van der Waals surface area contributed by atoms with E-state index in [1.54, 1.807) is 6.07 Å². The van der Waals surface area contributed by atoms with Crippen LogP contribution in [0.2, 0.25) is 0 Å². The van der Waals surface area contributed by atoms with Crippen LogP contribution in [0.15, 0.2) is 18.5 Å². The van der Waals surface area contributed by atoms with E-state index in [1.165, 1.54) is 12.4 Å². The third-order valence-corrected chi connectivity index (χ3v) is 0.801. The summed E-state index contributed by atoms with van der Waals surface area (Å²) in [6.07, 6.45) is 3.77. The Balaban J connectivity index is 0.000000424. The molecule has 0 aliphatic heterocycles. The molecular weight excluding hydrogens is 174 g/mol. The molecule has 2 amide bonds. The SMILES string of the molecule is N=C=O.NC(=O)Nc1ncccn1. The van der Waals surface area contributed by atoms with Crippen molar-refractivity contribution in [2.75, 3.05) is 5.32 Å². The number of aromatic nitrogens is 2. The molecule has 1 rings (SSSR count). The van der Waals surface area contributed by atoms with Gasteiger partial charge in [-0.3, -0.25) is 5.32 Å². The molecule has 0 bridgehead atoms. The van der Waals surface area contributed by atoms with Crippen LogP contribution in [0.1, 0.15) is 0 Å². The number of isocyanates is 1. The minimum Gasteiger partial charge on any atom is -0.351 e. The standard InChI is InChI=1S/C5H6N4O.CHNO/c6-4(10)9-5-7-2-1-3-8-5;2-1-3/h1-3H,(H3,6,7,8,9,10);2H. The summed E-state index contributed by atoms with van der Waals surface area (Å²) in [5.41, 5.74) is 4.79. The number of rotatable bonds is 1. The lowest BCUT2D eigenvalue weighted by Gasteiger charge is -1.95. The minimum atomic E-state index is -0.661. The van der Waals surface area contributed by atoms with Crippen molar-refractivity contribution in [3.63, 3.8) is 0 Å². The Hall–Kier alpha value is -2.27. The predicted octanol–water partition coefficient (Wildman–Crippen LogP) is -0.132. The fourth-order valence-electron chi connectivity index (χ4n) is 0.474. The van der Waals surface area contributed by atoms with Gasteiger partial charge < -0.3 is 5.73 Å². The summed E-state index contributed by atoms with van der Waals surface area (Å²) < 4.78 is 0.